The lowest BCUT2D eigenvalue weighted by atomic mass is 10.1. The van der Waals surface area contributed by atoms with Crippen LogP contribution < -0.4 is 10.6 Å². The van der Waals surface area contributed by atoms with Gasteiger partial charge in [0.1, 0.15) is 5.82 Å². The minimum absolute atomic E-state index is 0.0108. The van der Waals surface area contributed by atoms with E-state index < -0.39 is 0 Å². The fourth-order valence-corrected chi connectivity index (χ4v) is 2.38. The molecule has 26 heavy (non-hydrogen) atoms. The molecule has 1 heterocycles. The molecule has 140 valence electrons. The molecule has 0 radical (unpaired) electrons. The van der Waals surface area contributed by atoms with Crippen LogP contribution in [0.25, 0.3) is 0 Å². The van der Waals surface area contributed by atoms with Gasteiger partial charge in [-0.2, -0.15) is 15.0 Å². The van der Waals surface area contributed by atoms with Crippen molar-refractivity contribution in [3.63, 3.8) is 0 Å². The number of hydrogen-bond acceptors (Lipinski definition) is 6. The second kappa shape index (κ2) is 9.24. The first-order chi connectivity index (χ1) is 12.4. The molecule has 1 atom stereocenters. The predicted octanol–water partition coefficient (Wildman–Crippen LogP) is 3.16. The monoisotopic (exact) mass is 357 g/mol. The zero-order valence-electron chi connectivity index (χ0n) is 16.1. The predicted molar refractivity (Wildman–Crippen MR) is 102 cm³/mol. The third-order valence-electron chi connectivity index (χ3n) is 3.83. The number of carbonyl (C=O) groups excluding carboxylic acids is 1. The van der Waals surface area contributed by atoms with E-state index in [4.69, 9.17) is 4.74 Å². The Morgan fingerprint density at radius 2 is 1.88 bits per heavy atom. The van der Waals surface area contributed by atoms with Gasteiger partial charge in [-0.15, -0.1) is 0 Å². The normalized spacial score (nSPS) is 11.9. The summed E-state index contributed by atoms with van der Waals surface area (Å²) in [5.41, 5.74) is 3.64. The minimum Gasteiger partial charge on any atom is -0.375 e. The van der Waals surface area contributed by atoms with Crippen molar-refractivity contribution < 1.29 is 9.53 Å². The fourth-order valence-electron chi connectivity index (χ4n) is 2.38. The molecule has 0 spiro atoms. The van der Waals surface area contributed by atoms with Crippen LogP contribution in [0.15, 0.2) is 18.2 Å². The molecule has 1 aromatic carbocycles. The Labute approximate surface area is 154 Å². The molecule has 0 fully saturated rings. The van der Waals surface area contributed by atoms with Crippen LogP contribution >= 0.6 is 0 Å². The van der Waals surface area contributed by atoms with Crippen LogP contribution in [0.3, 0.4) is 0 Å². The quantitative estimate of drug-likeness (QED) is 0.754. The number of benzene rings is 1. The van der Waals surface area contributed by atoms with Crippen molar-refractivity contribution in [2.24, 2.45) is 0 Å². The number of nitrogens with zero attached hydrogens (tertiary/aromatic N) is 3. The van der Waals surface area contributed by atoms with Gasteiger partial charge >= 0.3 is 0 Å². The van der Waals surface area contributed by atoms with Gasteiger partial charge in [-0.05, 0) is 38.8 Å². The molecule has 0 aliphatic heterocycles. The molecule has 1 unspecified atom stereocenters. The van der Waals surface area contributed by atoms with E-state index in [9.17, 15) is 4.79 Å². The van der Waals surface area contributed by atoms with Gasteiger partial charge in [0.2, 0.25) is 17.8 Å². The molecule has 0 saturated heterocycles. The van der Waals surface area contributed by atoms with E-state index >= 15 is 0 Å². The lowest BCUT2D eigenvalue weighted by Crippen LogP contribution is -2.24. The van der Waals surface area contributed by atoms with Crippen molar-refractivity contribution in [2.45, 2.75) is 53.7 Å². The second-order valence-corrected chi connectivity index (χ2v) is 6.42. The molecule has 0 bridgehead atoms. The zero-order chi connectivity index (χ0) is 19.1. The van der Waals surface area contributed by atoms with Gasteiger partial charge in [0.05, 0.1) is 13.2 Å². The van der Waals surface area contributed by atoms with E-state index in [1.807, 2.05) is 6.92 Å². The number of carbonyl (C=O) groups is 1. The molecule has 0 aliphatic rings. The number of amides is 1. The summed E-state index contributed by atoms with van der Waals surface area (Å²) < 4.78 is 5.83. The van der Waals surface area contributed by atoms with Gasteiger partial charge in [-0.1, -0.05) is 30.7 Å². The Morgan fingerprint density at radius 3 is 2.62 bits per heavy atom. The molecule has 0 aliphatic carbocycles. The Bertz CT molecular complexity index is 764. The molecule has 2 N–H and O–H groups in total. The largest absolute Gasteiger partial charge is 0.375 e. The smallest absolute Gasteiger partial charge is 0.234 e. The van der Waals surface area contributed by atoms with Crippen LogP contribution in [0.4, 0.5) is 11.9 Å². The average Bonchev–Trinajstić information content (AvgIpc) is 2.57. The van der Waals surface area contributed by atoms with Crippen molar-refractivity contribution in [3.05, 3.63) is 40.7 Å². The maximum atomic E-state index is 11.5. The highest BCUT2D eigenvalue weighted by molar-refractivity contribution is 5.88. The lowest BCUT2D eigenvalue weighted by molar-refractivity contribution is -0.115. The van der Waals surface area contributed by atoms with Crippen molar-refractivity contribution >= 4 is 17.8 Å². The van der Waals surface area contributed by atoms with E-state index in [0.29, 0.717) is 31.4 Å². The Morgan fingerprint density at radius 1 is 1.15 bits per heavy atom. The summed E-state index contributed by atoms with van der Waals surface area (Å²) in [5, 5.41) is 5.84. The van der Waals surface area contributed by atoms with E-state index in [1.54, 1.807) is 13.8 Å². The number of anilines is 2. The van der Waals surface area contributed by atoms with Crippen LogP contribution in [0, 0.1) is 20.8 Å². The third-order valence-corrected chi connectivity index (χ3v) is 3.83. The fraction of sp³-hybridized carbons (Fsp3) is 0.474. The third kappa shape index (κ3) is 6.07. The number of rotatable bonds is 8. The van der Waals surface area contributed by atoms with Gasteiger partial charge < -0.3 is 10.1 Å². The molecular formula is C19H27N5O2. The van der Waals surface area contributed by atoms with E-state index in [0.717, 1.165) is 0 Å². The summed E-state index contributed by atoms with van der Waals surface area (Å²) in [4.78, 5) is 24.1. The molecule has 1 amide bonds. The van der Waals surface area contributed by atoms with Crippen LogP contribution in [0.1, 0.15) is 42.8 Å². The van der Waals surface area contributed by atoms with Crippen molar-refractivity contribution in [2.75, 3.05) is 17.2 Å². The maximum absolute atomic E-state index is 11.5. The number of aromatic nitrogens is 3. The van der Waals surface area contributed by atoms with Crippen LogP contribution in [-0.2, 0) is 16.1 Å². The van der Waals surface area contributed by atoms with Crippen molar-refractivity contribution in [3.8, 4) is 0 Å². The van der Waals surface area contributed by atoms with Crippen LogP contribution in [0.5, 0.6) is 0 Å². The number of nitrogens with one attached hydrogen (secondary N) is 2. The van der Waals surface area contributed by atoms with Crippen molar-refractivity contribution in [1.29, 1.82) is 0 Å². The highest BCUT2D eigenvalue weighted by Crippen LogP contribution is 2.12. The van der Waals surface area contributed by atoms with Gasteiger partial charge in [0.15, 0.2) is 0 Å². The van der Waals surface area contributed by atoms with Gasteiger partial charge in [0, 0.05) is 12.5 Å². The Balaban J connectivity index is 1.90. The summed E-state index contributed by atoms with van der Waals surface area (Å²) in [6, 6.07) is 6.36. The molecule has 2 aromatic rings. The zero-order valence-corrected chi connectivity index (χ0v) is 16.1. The molecule has 0 saturated carbocycles. The lowest BCUT2D eigenvalue weighted by Gasteiger charge is -2.15. The van der Waals surface area contributed by atoms with E-state index in [-0.39, 0.29) is 17.9 Å². The number of hydrogen-bond donors (Lipinski definition) is 2. The minimum atomic E-state index is -0.133. The summed E-state index contributed by atoms with van der Waals surface area (Å²) in [6.45, 7) is 10.8. The van der Waals surface area contributed by atoms with Crippen LogP contribution in [-0.4, -0.2) is 33.5 Å². The first-order valence-electron chi connectivity index (χ1n) is 8.80. The standard InChI is InChI=1S/C19H27N5O2/c1-6-17(25)23-19-22-15(5)21-18(24-19)20-14(4)10-26-11-16-9-12(2)7-8-13(16)3/h7-9,14H,6,10-11H2,1-5H3,(H2,20,21,22,23,24,25). The highest BCUT2D eigenvalue weighted by atomic mass is 16.5. The highest BCUT2D eigenvalue weighted by Gasteiger charge is 2.10. The maximum Gasteiger partial charge on any atom is 0.234 e. The molecule has 7 heteroatoms. The molecule has 1 aromatic heterocycles. The number of ether oxygens (including phenoxy) is 1. The molecule has 2 rings (SSSR count). The first-order valence-corrected chi connectivity index (χ1v) is 8.80. The van der Waals surface area contributed by atoms with E-state index in [1.165, 1.54) is 16.7 Å². The SMILES string of the molecule is CCC(=O)Nc1nc(C)nc(NC(C)COCc2cc(C)ccc2C)n1. The molecular weight excluding hydrogens is 330 g/mol. The second-order valence-electron chi connectivity index (χ2n) is 6.42. The number of aryl methyl sites for hydroxylation is 3. The van der Waals surface area contributed by atoms with Gasteiger partial charge in [-0.3, -0.25) is 10.1 Å². The topological polar surface area (TPSA) is 89.0 Å². The van der Waals surface area contributed by atoms with Crippen molar-refractivity contribution in [1.82, 2.24) is 15.0 Å². The van der Waals surface area contributed by atoms with E-state index in [2.05, 4.69) is 57.6 Å². The summed E-state index contributed by atoms with van der Waals surface area (Å²) >= 11 is 0. The van der Waals surface area contributed by atoms with Gasteiger partial charge in [0.25, 0.3) is 0 Å². The summed E-state index contributed by atoms with van der Waals surface area (Å²) in [7, 11) is 0. The first kappa shape index (κ1) is 19.8. The Hall–Kier alpha value is -2.54. The van der Waals surface area contributed by atoms with Gasteiger partial charge in [-0.25, -0.2) is 0 Å². The summed E-state index contributed by atoms with van der Waals surface area (Å²) in [5.74, 6) is 1.09. The molecule has 7 nitrogen and oxygen atoms in total. The average molecular weight is 357 g/mol. The van der Waals surface area contributed by atoms with Crippen LogP contribution in [0.2, 0.25) is 0 Å². The summed E-state index contributed by atoms with van der Waals surface area (Å²) in [6.07, 6.45) is 0.371. The Kier molecular flexibility index (Phi) is 7.03.